The van der Waals surface area contributed by atoms with Gasteiger partial charge in [-0.2, -0.15) is 0 Å². The first-order chi connectivity index (χ1) is 7.54. The zero-order valence-corrected chi connectivity index (χ0v) is 11.5. The summed E-state index contributed by atoms with van der Waals surface area (Å²) in [6.45, 7) is 8.06. The van der Waals surface area contributed by atoms with Crippen LogP contribution in [-0.2, 0) is 4.79 Å². The fraction of sp³-hybridized carbons (Fsp3) is 0.923. The van der Waals surface area contributed by atoms with Crippen molar-refractivity contribution in [1.82, 2.24) is 10.2 Å². The summed E-state index contributed by atoms with van der Waals surface area (Å²) < 4.78 is 0. The molecule has 3 nitrogen and oxygen atoms in total. The van der Waals surface area contributed by atoms with Crippen molar-refractivity contribution in [2.75, 3.05) is 27.2 Å². The van der Waals surface area contributed by atoms with E-state index in [0.717, 1.165) is 19.5 Å². The standard InChI is InChI=1S/C13H28N2O/c1-6-7-8-9-15(5)13(16)12(10-14-4)11(2)3/h11-12,14H,6-10H2,1-5H3. The van der Waals surface area contributed by atoms with Crippen molar-refractivity contribution < 1.29 is 4.79 Å². The van der Waals surface area contributed by atoms with E-state index in [1.165, 1.54) is 12.8 Å². The molecule has 1 atom stereocenters. The fourth-order valence-electron chi connectivity index (χ4n) is 1.82. The lowest BCUT2D eigenvalue weighted by atomic mass is 9.94. The van der Waals surface area contributed by atoms with Gasteiger partial charge >= 0.3 is 0 Å². The number of nitrogens with zero attached hydrogens (tertiary/aromatic N) is 1. The van der Waals surface area contributed by atoms with Gasteiger partial charge in [-0.05, 0) is 19.4 Å². The van der Waals surface area contributed by atoms with Gasteiger partial charge in [-0.15, -0.1) is 0 Å². The van der Waals surface area contributed by atoms with Crippen molar-refractivity contribution in [3.63, 3.8) is 0 Å². The van der Waals surface area contributed by atoms with Crippen LogP contribution >= 0.6 is 0 Å². The summed E-state index contributed by atoms with van der Waals surface area (Å²) in [5.74, 6) is 0.783. The Balaban J connectivity index is 4.15. The van der Waals surface area contributed by atoms with Gasteiger partial charge in [0.05, 0.1) is 5.92 Å². The summed E-state index contributed by atoms with van der Waals surface area (Å²) in [6.07, 6.45) is 3.52. The molecule has 1 amide bonds. The molecule has 96 valence electrons. The van der Waals surface area contributed by atoms with E-state index in [4.69, 9.17) is 0 Å². The molecule has 0 aromatic rings. The lowest BCUT2D eigenvalue weighted by Gasteiger charge is -2.26. The molecule has 0 aliphatic heterocycles. The fourth-order valence-corrected chi connectivity index (χ4v) is 1.82. The van der Waals surface area contributed by atoms with E-state index >= 15 is 0 Å². The topological polar surface area (TPSA) is 32.3 Å². The van der Waals surface area contributed by atoms with Gasteiger partial charge in [0.2, 0.25) is 5.91 Å². The molecule has 0 saturated carbocycles. The Morgan fingerprint density at radius 2 is 1.94 bits per heavy atom. The minimum absolute atomic E-state index is 0.108. The van der Waals surface area contributed by atoms with Gasteiger partial charge in [0, 0.05) is 20.1 Å². The summed E-state index contributed by atoms with van der Waals surface area (Å²) in [5.41, 5.74) is 0. The quantitative estimate of drug-likeness (QED) is 0.645. The molecule has 0 aromatic heterocycles. The lowest BCUT2D eigenvalue weighted by molar-refractivity contribution is -0.135. The van der Waals surface area contributed by atoms with E-state index in [2.05, 4.69) is 26.1 Å². The molecular formula is C13H28N2O. The van der Waals surface area contributed by atoms with E-state index in [9.17, 15) is 4.79 Å². The van der Waals surface area contributed by atoms with Crippen molar-refractivity contribution in [2.45, 2.75) is 40.0 Å². The van der Waals surface area contributed by atoms with Crippen molar-refractivity contribution in [3.05, 3.63) is 0 Å². The third-order valence-electron chi connectivity index (χ3n) is 3.02. The number of unbranched alkanes of at least 4 members (excludes halogenated alkanes) is 2. The maximum atomic E-state index is 12.2. The van der Waals surface area contributed by atoms with Gasteiger partial charge in [0.1, 0.15) is 0 Å². The molecule has 0 bridgehead atoms. The van der Waals surface area contributed by atoms with Crippen LogP contribution < -0.4 is 5.32 Å². The minimum Gasteiger partial charge on any atom is -0.345 e. The van der Waals surface area contributed by atoms with Gasteiger partial charge in [-0.3, -0.25) is 4.79 Å². The zero-order chi connectivity index (χ0) is 12.6. The van der Waals surface area contributed by atoms with Crippen molar-refractivity contribution in [1.29, 1.82) is 0 Å². The number of nitrogens with one attached hydrogen (secondary N) is 1. The van der Waals surface area contributed by atoms with Crippen molar-refractivity contribution in [3.8, 4) is 0 Å². The van der Waals surface area contributed by atoms with E-state index in [1.54, 1.807) is 0 Å². The van der Waals surface area contributed by atoms with Crippen molar-refractivity contribution >= 4 is 5.91 Å². The van der Waals surface area contributed by atoms with Crippen LogP contribution in [-0.4, -0.2) is 38.0 Å². The Morgan fingerprint density at radius 1 is 1.31 bits per heavy atom. The molecule has 0 radical (unpaired) electrons. The van der Waals surface area contributed by atoms with Gasteiger partial charge in [-0.1, -0.05) is 33.6 Å². The highest BCUT2D eigenvalue weighted by atomic mass is 16.2. The molecule has 0 fully saturated rings. The number of hydrogen-bond donors (Lipinski definition) is 1. The summed E-state index contributed by atoms with van der Waals surface area (Å²) in [7, 11) is 3.82. The van der Waals surface area contributed by atoms with Crippen LogP contribution in [0.3, 0.4) is 0 Å². The van der Waals surface area contributed by atoms with E-state index in [-0.39, 0.29) is 11.8 Å². The van der Waals surface area contributed by atoms with Crippen LogP contribution in [0.5, 0.6) is 0 Å². The maximum absolute atomic E-state index is 12.2. The van der Waals surface area contributed by atoms with E-state index in [1.807, 2.05) is 19.0 Å². The number of amides is 1. The van der Waals surface area contributed by atoms with Gasteiger partial charge in [-0.25, -0.2) is 0 Å². The third kappa shape index (κ3) is 5.50. The molecule has 3 heteroatoms. The molecule has 0 aliphatic rings. The first-order valence-corrected chi connectivity index (χ1v) is 6.44. The molecule has 0 heterocycles. The van der Waals surface area contributed by atoms with Gasteiger partial charge in [0.25, 0.3) is 0 Å². The second-order valence-corrected chi connectivity index (χ2v) is 4.88. The predicted octanol–water partition coefficient (Wildman–Crippen LogP) is 2.13. The molecule has 16 heavy (non-hydrogen) atoms. The Hall–Kier alpha value is -0.570. The molecule has 0 aromatic carbocycles. The summed E-state index contributed by atoms with van der Waals surface area (Å²) >= 11 is 0. The van der Waals surface area contributed by atoms with Crippen LogP contribution in [0.4, 0.5) is 0 Å². The molecule has 1 N–H and O–H groups in total. The van der Waals surface area contributed by atoms with E-state index < -0.39 is 0 Å². The molecule has 0 aliphatic carbocycles. The smallest absolute Gasteiger partial charge is 0.226 e. The second-order valence-electron chi connectivity index (χ2n) is 4.88. The SMILES string of the molecule is CCCCCN(C)C(=O)C(CNC)C(C)C. The van der Waals surface area contributed by atoms with Crippen LogP contribution in [0.2, 0.25) is 0 Å². The first-order valence-electron chi connectivity index (χ1n) is 6.44. The predicted molar refractivity (Wildman–Crippen MR) is 69.4 cm³/mol. The highest BCUT2D eigenvalue weighted by Crippen LogP contribution is 2.13. The Kier molecular flexibility index (Phi) is 8.26. The van der Waals surface area contributed by atoms with Crippen LogP contribution in [0.25, 0.3) is 0 Å². The number of hydrogen-bond acceptors (Lipinski definition) is 2. The summed E-state index contributed by atoms with van der Waals surface area (Å²) in [4.78, 5) is 14.0. The average molecular weight is 228 g/mol. The minimum atomic E-state index is 0.108. The number of carbonyl (C=O) groups is 1. The van der Waals surface area contributed by atoms with Crippen LogP contribution in [0.15, 0.2) is 0 Å². The normalized spacial score (nSPS) is 12.9. The monoisotopic (exact) mass is 228 g/mol. The molecular weight excluding hydrogens is 200 g/mol. The van der Waals surface area contributed by atoms with Gasteiger partial charge < -0.3 is 10.2 Å². The van der Waals surface area contributed by atoms with Crippen molar-refractivity contribution in [2.24, 2.45) is 11.8 Å². The summed E-state index contributed by atoms with van der Waals surface area (Å²) in [5, 5.41) is 3.10. The number of carbonyl (C=O) groups excluding carboxylic acids is 1. The highest BCUT2D eigenvalue weighted by Gasteiger charge is 2.23. The molecule has 0 rings (SSSR count). The zero-order valence-electron chi connectivity index (χ0n) is 11.5. The average Bonchev–Trinajstić information content (AvgIpc) is 2.24. The lowest BCUT2D eigenvalue weighted by Crippen LogP contribution is -2.40. The van der Waals surface area contributed by atoms with Crippen LogP contribution in [0, 0.1) is 11.8 Å². The second kappa shape index (κ2) is 8.57. The first kappa shape index (κ1) is 15.4. The largest absolute Gasteiger partial charge is 0.345 e. The van der Waals surface area contributed by atoms with Crippen LogP contribution in [0.1, 0.15) is 40.0 Å². The third-order valence-corrected chi connectivity index (χ3v) is 3.02. The number of rotatable bonds is 8. The van der Waals surface area contributed by atoms with Gasteiger partial charge in [0.15, 0.2) is 0 Å². The maximum Gasteiger partial charge on any atom is 0.226 e. The Morgan fingerprint density at radius 3 is 2.38 bits per heavy atom. The molecule has 0 spiro atoms. The summed E-state index contributed by atoms with van der Waals surface area (Å²) in [6, 6.07) is 0. The Labute approximate surface area is 101 Å². The Bertz CT molecular complexity index is 192. The molecule has 1 unspecified atom stereocenters. The van der Waals surface area contributed by atoms with E-state index in [0.29, 0.717) is 5.92 Å². The molecule has 0 saturated heterocycles. The highest BCUT2D eigenvalue weighted by molar-refractivity contribution is 5.79.